The molecule has 4 N–H and O–H groups in total. The van der Waals surface area contributed by atoms with Crippen molar-refractivity contribution in [3.05, 3.63) is 21.6 Å². The van der Waals surface area contributed by atoms with Gasteiger partial charge < -0.3 is 14.9 Å². The highest BCUT2D eigenvalue weighted by Crippen LogP contribution is 2.31. The van der Waals surface area contributed by atoms with E-state index in [2.05, 4.69) is 19.6 Å². The average Bonchev–Trinajstić information content (AvgIpc) is 3.43. The zero-order chi connectivity index (χ0) is 23.6. The zero-order valence-corrected chi connectivity index (χ0v) is 19.9. The molecule has 0 spiro atoms. The van der Waals surface area contributed by atoms with Crippen LogP contribution < -0.4 is 19.9 Å². The van der Waals surface area contributed by atoms with E-state index in [9.17, 15) is 23.1 Å². The number of carbonyl (C=O) groups is 1. The van der Waals surface area contributed by atoms with Gasteiger partial charge in [0.2, 0.25) is 0 Å². The first kappa shape index (κ1) is 24.2. The molecule has 3 aliphatic rings. The number of halogens is 1. The van der Waals surface area contributed by atoms with Gasteiger partial charge in [-0.25, -0.2) is 9.89 Å². The summed E-state index contributed by atoms with van der Waals surface area (Å²) in [7, 11) is -3.56. The monoisotopic (exact) mass is 502 g/mol. The molecular weight excluding hydrogens is 472 g/mol. The number of aromatic nitrogens is 2. The fourth-order valence-electron chi connectivity index (χ4n) is 5.38. The number of nitrogens with one attached hydrogen (secondary N) is 3. The number of hydrogen-bond acceptors (Lipinski definition) is 6. The molecule has 0 bridgehead atoms. The highest BCUT2D eigenvalue weighted by Gasteiger charge is 2.38. The fraction of sp³-hybridized carbons (Fsp3) is 0.750. The first-order valence-electron chi connectivity index (χ1n) is 11.5. The molecule has 11 nitrogen and oxygen atoms in total. The highest BCUT2D eigenvalue weighted by molar-refractivity contribution is 7.87. The quantitative estimate of drug-likeness (QED) is 0.443. The van der Waals surface area contributed by atoms with Crippen molar-refractivity contribution in [3.8, 4) is 0 Å². The maximum atomic E-state index is 12.4. The summed E-state index contributed by atoms with van der Waals surface area (Å²) in [6.07, 6.45) is 7.30. The van der Waals surface area contributed by atoms with Crippen LogP contribution in [0, 0.1) is 0 Å². The van der Waals surface area contributed by atoms with Crippen molar-refractivity contribution in [1.29, 1.82) is 0 Å². The van der Waals surface area contributed by atoms with Gasteiger partial charge in [0.25, 0.3) is 15.8 Å². The van der Waals surface area contributed by atoms with Crippen molar-refractivity contribution in [2.45, 2.75) is 82.0 Å². The van der Waals surface area contributed by atoms with Crippen molar-refractivity contribution in [2.24, 2.45) is 0 Å². The molecule has 13 heteroatoms. The third-order valence-corrected chi connectivity index (χ3v) is 8.64. The Hall–Kier alpha value is -1.89. The Kier molecular flexibility index (Phi) is 7.46. The molecule has 1 aromatic heterocycles. The second kappa shape index (κ2) is 10.2. The predicted octanol–water partition coefficient (Wildman–Crippen LogP) is 1.66. The van der Waals surface area contributed by atoms with Crippen LogP contribution in [0.2, 0.25) is 5.02 Å². The summed E-state index contributed by atoms with van der Waals surface area (Å²) in [5.41, 5.74) is 0.0250. The van der Waals surface area contributed by atoms with Crippen LogP contribution in [0.1, 0.15) is 57.8 Å². The Morgan fingerprint density at radius 1 is 1.09 bits per heavy atom. The van der Waals surface area contributed by atoms with Gasteiger partial charge >= 0.3 is 6.09 Å². The number of anilines is 1. The summed E-state index contributed by atoms with van der Waals surface area (Å²) in [5.74, 6) is 0. The number of amides is 1. The van der Waals surface area contributed by atoms with E-state index in [0.29, 0.717) is 50.9 Å². The number of carboxylic acid groups (broad SMARTS) is 1. The third kappa shape index (κ3) is 5.79. The van der Waals surface area contributed by atoms with E-state index in [1.165, 1.54) is 11.1 Å². The topological polar surface area (TPSA) is 148 Å². The van der Waals surface area contributed by atoms with Gasteiger partial charge in [0.15, 0.2) is 0 Å². The maximum absolute atomic E-state index is 12.4. The SMILES string of the molecule is O=C(O)N(C1CCC(NS(=O)(=O)NC2CCCC2)CC1)C1CCN(c2cn[nH]c(=O)c2Cl)C1. The molecule has 1 saturated heterocycles. The second-order valence-electron chi connectivity index (χ2n) is 9.20. The largest absolute Gasteiger partial charge is 0.465 e. The smallest absolute Gasteiger partial charge is 0.407 e. The van der Waals surface area contributed by atoms with E-state index < -0.39 is 21.9 Å². The van der Waals surface area contributed by atoms with Gasteiger partial charge in [-0.1, -0.05) is 24.4 Å². The Morgan fingerprint density at radius 2 is 1.73 bits per heavy atom. The van der Waals surface area contributed by atoms with Crippen LogP contribution in [0.5, 0.6) is 0 Å². The average molecular weight is 503 g/mol. The minimum Gasteiger partial charge on any atom is -0.465 e. The van der Waals surface area contributed by atoms with Crippen LogP contribution in [0.25, 0.3) is 0 Å². The van der Waals surface area contributed by atoms with Crippen LogP contribution >= 0.6 is 11.6 Å². The van der Waals surface area contributed by atoms with Gasteiger partial charge in [-0.2, -0.15) is 23.0 Å². The molecule has 2 heterocycles. The molecule has 1 unspecified atom stereocenters. The van der Waals surface area contributed by atoms with Gasteiger partial charge in [-0.3, -0.25) is 4.79 Å². The summed E-state index contributed by atoms with van der Waals surface area (Å²) < 4.78 is 30.4. The summed E-state index contributed by atoms with van der Waals surface area (Å²) in [4.78, 5) is 27.3. The van der Waals surface area contributed by atoms with Gasteiger partial charge in [0.1, 0.15) is 5.02 Å². The lowest BCUT2D eigenvalue weighted by Crippen LogP contribution is -2.52. The molecule has 1 atom stereocenters. The van der Waals surface area contributed by atoms with E-state index in [1.54, 1.807) is 0 Å². The number of aromatic amines is 1. The molecule has 2 aliphatic carbocycles. The van der Waals surface area contributed by atoms with Crippen molar-refractivity contribution in [3.63, 3.8) is 0 Å². The molecule has 1 aromatic rings. The number of nitrogens with zero attached hydrogens (tertiary/aromatic N) is 3. The number of rotatable bonds is 7. The lowest BCUT2D eigenvalue weighted by Gasteiger charge is -2.38. The normalized spacial score (nSPS) is 26.6. The van der Waals surface area contributed by atoms with E-state index in [0.717, 1.165) is 25.7 Å². The molecule has 1 aliphatic heterocycles. The first-order valence-corrected chi connectivity index (χ1v) is 13.4. The molecular formula is C20H31ClN6O5S. The van der Waals surface area contributed by atoms with Gasteiger partial charge in [-0.05, 0) is 44.9 Å². The lowest BCUT2D eigenvalue weighted by molar-refractivity contribution is 0.0859. The maximum Gasteiger partial charge on any atom is 0.407 e. The van der Waals surface area contributed by atoms with Crippen molar-refractivity contribution >= 4 is 33.6 Å². The molecule has 2 saturated carbocycles. The molecule has 33 heavy (non-hydrogen) atoms. The number of hydrogen-bond donors (Lipinski definition) is 4. The summed E-state index contributed by atoms with van der Waals surface area (Å²) in [6.45, 7) is 0.996. The van der Waals surface area contributed by atoms with Crippen molar-refractivity contribution in [2.75, 3.05) is 18.0 Å². The van der Waals surface area contributed by atoms with Crippen LogP contribution in [0.3, 0.4) is 0 Å². The molecule has 1 amide bonds. The highest BCUT2D eigenvalue weighted by atomic mass is 35.5. The summed E-state index contributed by atoms with van der Waals surface area (Å²) in [6, 6.07) is -0.601. The number of H-pyrrole nitrogens is 1. The van der Waals surface area contributed by atoms with E-state index >= 15 is 0 Å². The van der Waals surface area contributed by atoms with Gasteiger partial charge in [0.05, 0.1) is 17.9 Å². The molecule has 0 aromatic carbocycles. The summed E-state index contributed by atoms with van der Waals surface area (Å²) >= 11 is 6.12. The molecule has 0 radical (unpaired) electrons. The van der Waals surface area contributed by atoms with Crippen LogP contribution in [0.15, 0.2) is 11.0 Å². The Balaban J connectivity index is 1.33. The van der Waals surface area contributed by atoms with Crippen LogP contribution in [-0.2, 0) is 10.2 Å². The molecule has 3 fully saturated rings. The third-order valence-electron chi connectivity index (χ3n) is 6.98. The fourth-order valence-corrected chi connectivity index (χ4v) is 7.01. The van der Waals surface area contributed by atoms with Crippen LogP contribution in [0.4, 0.5) is 10.5 Å². The van der Waals surface area contributed by atoms with E-state index in [4.69, 9.17) is 11.6 Å². The summed E-state index contributed by atoms with van der Waals surface area (Å²) in [5, 5.41) is 16.1. The van der Waals surface area contributed by atoms with Crippen LogP contribution in [-0.4, -0.2) is 72.0 Å². The second-order valence-corrected chi connectivity index (χ2v) is 11.1. The van der Waals surface area contributed by atoms with Crippen molar-refractivity contribution < 1.29 is 18.3 Å². The Labute approximate surface area is 198 Å². The molecule has 4 rings (SSSR count). The standard InChI is InChI=1S/C20H31ClN6O5S/c21-18-17(11-22-23-19(18)28)26-10-9-16(12-26)27(20(29)30)15-7-5-14(6-8-15)25-33(31,32)24-13-3-1-2-4-13/h11,13-16,24-25H,1-10,12H2,(H,23,28)(H,29,30). The Bertz CT molecular complexity index is 1010. The van der Waals surface area contributed by atoms with Crippen molar-refractivity contribution in [1.82, 2.24) is 24.5 Å². The molecule has 184 valence electrons. The zero-order valence-electron chi connectivity index (χ0n) is 18.4. The predicted molar refractivity (Wildman–Crippen MR) is 124 cm³/mol. The van der Waals surface area contributed by atoms with E-state index in [-0.39, 0.29) is 29.2 Å². The minimum atomic E-state index is -3.56. The lowest BCUT2D eigenvalue weighted by atomic mass is 9.90. The van der Waals surface area contributed by atoms with Gasteiger partial charge in [0, 0.05) is 31.2 Å². The van der Waals surface area contributed by atoms with Gasteiger partial charge in [-0.15, -0.1) is 0 Å². The Morgan fingerprint density at radius 3 is 2.36 bits per heavy atom. The minimum absolute atomic E-state index is 0.00977. The van der Waals surface area contributed by atoms with E-state index in [1.807, 2.05) is 4.90 Å². The first-order chi connectivity index (χ1) is 15.7.